The van der Waals surface area contributed by atoms with Crippen LogP contribution in [0, 0.1) is 0 Å². The second-order valence-corrected chi connectivity index (χ2v) is 16.9. The van der Waals surface area contributed by atoms with Crippen LogP contribution < -0.4 is 45.5 Å². The molecule has 6 nitrogen and oxygen atoms in total. The fourth-order valence-electron chi connectivity index (χ4n) is 10.2. The zero-order chi connectivity index (χ0) is 44.3. The van der Waals surface area contributed by atoms with Crippen molar-refractivity contribution in [2.75, 3.05) is 19.6 Å². The molecule has 10 aromatic carbocycles. The number of rotatable bonds is 8. The van der Waals surface area contributed by atoms with Gasteiger partial charge in [0.05, 0.1) is 39.8 Å². The molecule has 10 aromatic rings. The topological polar surface area (TPSA) is 31.4 Å². The molecule has 0 N–H and O–H groups in total. The highest BCUT2D eigenvalue weighted by atomic mass is 16.5. The molecule has 3 aliphatic heterocycles. The van der Waals surface area contributed by atoms with E-state index in [1.165, 1.54) is 0 Å². The number of anilines is 12. The molecule has 0 radical (unpaired) electrons. The van der Waals surface area contributed by atoms with Gasteiger partial charge in [-0.2, -0.15) is 0 Å². The summed E-state index contributed by atoms with van der Waals surface area (Å²) in [6, 6.07) is 87.6. The van der Waals surface area contributed by atoms with Gasteiger partial charge in [-0.05, 0) is 108 Å². The Morgan fingerprint density at radius 3 is 1.01 bits per heavy atom. The molecular formula is C60H41BN4O2. The van der Waals surface area contributed by atoms with Crippen molar-refractivity contribution in [1.82, 2.24) is 0 Å². The van der Waals surface area contributed by atoms with Gasteiger partial charge in [0.1, 0.15) is 23.0 Å². The minimum Gasteiger partial charge on any atom is -0.456 e. The van der Waals surface area contributed by atoms with Crippen molar-refractivity contribution in [1.29, 1.82) is 0 Å². The lowest BCUT2D eigenvalue weighted by molar-refractivity contribution is 0.466. The highest BCUT2D eigenvalue weighted by Gasteiger charge is 2.44. The Labute approximate surface area is 390 Å². The van der Waals surface area contributed by atoms with Gasteiger partial charge in [-0.3, -0.25) is 0 Å². The lowest BCUT2D eigenvalue weighted by atomic mass is 9.34. The van der Waals surface area contributed by atoms with Crippen LogP contribution in [-0.2, 0) is 0 Å². The highest BCUT2D eigenvalue weighted by molar-refractivity contribution is 6.98. The van der Waals surface area contributed by atoms with Crippen LogP contribution >= 0.6 is 0 Å². The van der Waals surface area contributed by atoms with Gasteiger partial charge in [0, 0.05) is 46.0 Å². The maximum Gasteiger partial charge on any atom is 0.260 e. The van der Waals surface area contributed by atoms with Gasteiger partial charge in [0.25, 0.3) is 6.71 Å². The van der Waals surface area contributed by atoms with Gasteiger partial charge < -0.3 is 29.1 Å². The minimum absolute atomic E-state index is 0.220. The molecular weight excluding hydrogens is 819 g/mol. The molecule has 67 heavy (non-hydrogen) atoms. The Morgan fingerprint density at radius 2 is 0.642 bits per heavy atom. The first-order valence-corrected chi connectivity index (χ1v) is 22.7. The zero-order valence-electron chi connectivity index (χ0n) is 36.4. The number of nitrogens with zero attached hydrogens (tertiary/aromatic N) is 4. The molecule has 0 bridgehead atoms. The highest BCUT2D eigenvalue weighted by Crippen LogP contribution is 2.56. The van der Waals surface area contributed by atoms with Gasteiger partial charge in [0.2, 0.25) is 0 Å². The lowest BCUT2D eigenvalue weighted by Gasteiger charge is -2.41. The molecule has 7 heteroatoms. The summed E-state index contributed by atoms with van der Waals surface area (Å²) in [5.74, 6) is 3.09. The van der Waals surface area contributed by atoms with Crippen LogP contribution in [0.2, 0.25) is 0 Å². The first-order chi connectivity index (χ1) is 33.3. The first-order valence-electron chi connectivity index (χ1n) is 22.7. The molecule has 0 aromatic heterocycles. The Morgan fingerprint density at radius 1 is 0.313 bits per heavy atom. The van der Waals surface area contributed by atoms with Gasteiger partial charge in [0.15, 0.2) is 0 Å². The molecule has 0 atom stereocenters. The monoisotopic (exact) mass is 860 g/mol. The summed E-state index contributed by atoms with van der Waals surface area (Å²) in [6.07, 6.45) is 0. The molecule has 13 rings (SSSR count). The predicted molar refractivity (Wildman–Crippen MR) is 276 cm³/mol. The van der Waals surface area contributed by atoms with Crippen LogP contribution in [0.3, 0.4) is 0 Å². The molecule has 0 spiro atoms. The van der Waals surface area contributed by atoms with E-state index in [0.29, 0.717) is 0 Å². The maximum atomic E-state index is 7.44. The Kier molecular flexibility index (Phi) is 9.17. The molecule has 3 aliphatic rings. The summed E-state index contributed by atoms with van der Waals surface area (Å²) >= 11 is 0. The minimum atomic E-state index is -0.220. The normalized spacial score (nSPS) is 12.6. The number of hydrogen-bond donors (Lipinski definition) is 0. The average molecular weight is 861 g/mol. The maximum absolute atomic E-state index is 7.44. The van der Waals surface area contributed by atoms with Crippen molar-refractivity contribution in [3.05, 3.63) is 249 Å². The molecule has 0 unspecified atom stereocenters. The largest absolute Gasteiger partial charge is 0.456 e. The van der Waals surface area contributed by atoms with E-state index in [2.05, 4.69) is 268 Å². The van der Waals surface area contributed by atoms with E-state index >= 15 is 0 Å². The van der Waals surface area contributed by atoms with Crippen LogP contribution in [0.5, 0.6) is 23.0 Å². The third-order valence-corrected chi connectivity index (χ3v) is 13.0. The summed E-state index contributed by atoms with van der Waals surface area (Å²) in [6.45, 7) is -0.220. The molecule has 316 valence electrons. The predicted octanol–water partition coefficient (Wildman–Crippen LogP) is 14.6. The van der Waals surface area contributed by atoms with E-state index in [0.717, 1.165) is 108 Å². The van der Waals surface area contributed by atoms with Gasteiger partial charge in [-0.1, -0.05) is 140 Å². The number of hydrogen-bond acceptors (Lipinski definition) is 6. The zero-order valence-corrected chi connectivity index (χ0v) is 36.4. The van der Waals surface area contributed by atoms with Crippen molar-refractivity contribution < 1.29 is 9.47 Å². The van der Waals surface area contributed by atoms with Crippen molar-refractivity contribution >= 4 is 91.3 Å². The van der Waals surface area contributed by atoms with Crippen LogP contribution in [0.1, 0.15) is 0 Å². The quantitative estimate of drug-likeness (QED) is 0.142. The number of para-hydroxylation sites is 11. The summed E-state index contributed by atoms with van der Waals surface area (Å²) in [5.41, 5.74) is 15.4. The number of fused-ring (bicyclic) bond motifs is 6. The summed E-state index contributed by atoms with van der Waals surface area (Å²) in [4.78, 5) is 9.30. The standard InChI is InChI=1S/C60H41BN4O2/c1-6-22-42(23-7-1)62(43-24-8-2-9-25-43)54-38-20-32-48-59(54)66-56-40-47(65-52-36-18-16-34-50(52)64(46-30-14-5-15-31-46)51-35-17-19-37-53(51)65)41-57-58(56)61(48)49-33-21-39-55(60(49)67-57)63(44-26-10-3-11-27-44)45-28-12-4-13-29-45/h1-41H. The Hall–Kier alpha value is -8.94. The van der Waals surface area contributed by atoms with E-state index in [1.54, 1.807) is 0 Å². The lowest BCUT2D eigenvalue weighted by Crippen LogP contribution is -2.57. The third-order valence-electron chi connectivity index (χ3n) is 13.0. The van der Waals surface area contributed by atoms with Crippen molar-refractivity contribution in [3.8, 4) is 23.0 Å². The van der Waals surface area contributed by atoms with Gasteiger partial charge in [-0.25, -0.2) is 0 Å². The molecule has 0 aliphatic carbocycles. The second-order valence-electron chi connectivity index (χ2n) is 16.9. The smallest absolute Gasteiger partial charge is 0.260 e. The molecule has 0 fully saturated rings. The van der Waals surface area contributed by atoms with Gasteiger partial charge >= 0.3 is 0 Å². The average Bonchev–Trinajstić information content (AvgIpc) is 3.39. The van der Waals surface area contributed by atoms with Crippen LogP contribution in [0.15, 0.2) is 249 Å². The number of benzene rings is 10. The Balaban J connectivity index is 1.06. The second kappa shape index (κ2) is 15.9. The third kappa shape index (κ3) is 6.35. The molecule has 0 saturated heterocycles. The number of ether oxygens (including phenoxy) is 2. The van der Waals surface area contributed by atoms with Crippen molar-refractivity contribution in [3.63, 3.8) is 0 Å². The van der Waals surface area contributed by atoms with Crippen LogP contribution in [0.25, 0.3) is 0 Å². The van der Waals surface area contributed by atoms with E-state index in [1.807, 2.05) is 0 Å². The van der Waals surface area contributed by atoms with E-state index < -0.39 is 0 Å². The van der Waals surface area contributed by atoms with Crippen LogP contribution in [-0.4, -0.2) is 6.71 Å². The SMILES string of the molecule is c1ccc(N(c2ccccc2)c2cccc3c2Oc2cc(N4c5ccccc5N(c5ccccc5)c5ccccc54)cc4c2B3c2cccc(N(c3ccccc3)c3ccccc3)c2O4)cc1. The van der Waals surface area contributed by atoms with E-state index in [4.69, 9.17) is 9.47 Å². The van der Waals surface area contributed by atoms with E-state index in [9.17, 15) is 0 Å². The first kappa shape index (κ1) is 38.5. The van der Waals surface area contributed by atoms with E-state index in [-0.39, 0.29) is 6.71 Å². The molecule has 0 saturated carbocycles. The summed E-state index contributed by atoms with van der Waals surface area (Å²) in [7, 11) is 0. The summed E-state index contributed by atoms with van der Waals surface area (Å²) in [5, 5.41) is 0. The fraction of sp³-hybridized carbons (Fsp3) is 0. The molecule has 0 amide bonds. The fourth-order valence-corrected chi connectivity index (χ4v) is 10.2. The molecule has 3 heterocycles. The summed E-state index contributed by atoms with van der Waals surface area (Å²) < 4.78 is 14.9. The van der Waals surface area contributed by atoms with Gasteiger partial charge in [-0.15, -0.1) is 0 Å². The van der Waals surface area contributed by atoms with Crippen molar-refractivity contribution in [2.24, 2.45) is 0 Å². The Bertz CT molecular complexity index is 3160. The van der Waals surface area contributed by atoms with Crippen LogP contribution in [0.4, 0.5) is 68.2 Å². The van der Waals surface area contributed by atoms with Crippen molar-refractivity contribution in [2.45, 2.75) is 0 Å².